The number of aliphatic hydroxyl groups is 3. The maximum absolute atomic E-state index is 11.0. The average Bonchev–Trinajstić information content (AvgIpc) is 4.13. The monoisotopic (exact) mass is 1060 g/mol. The van der Waals surface area contributed by atoms with Gasteiger partial charge in [0.25, 0.3) is 0 Å². The van der Waals surface area contributed by atoms with Gasteiger partial charge in [0.15, 0.2) is 17.4 Å². The summed E-state index contributed by atoms with van der Waals surface area (Å²) < 4.78 is 4.94. The van der Waals surface area contributed by atoms with Crippen molar-refractivity contribution in [3.63, 3.8) is 0 Å². The Bertz CT molecular complexity index is 1900. The Labute approximate surface area is 524 Å². The molecule has 0 spiro atoms. The van der Waals surface area contributed by atoms with E-state index in [0.717, 1.165) is 106 Å². The molecule has 0 aromatic heterocycles. The molecule has 6 saturated carbocycles. The van der Waals surface area contributed by atoms with Crippen LogP contribution in [0.25, 0.3) is 0 Å². The summed E-state index contributed by atoms with van der Waals surface area (Å²) in [5.41, 5.74) is 4.74. The van der Waals surface area contributed by atoms with Crippen molar-refractivity contribution in [1.29, 1.82) is 0 Å². The third kappa shape index (κ3) is 16.8. The van der Waals surface area contributed by atoms with Gasteiger partial charge in [-0.15, -0.1) is 0 Å². The first-order valence-electron chi connectivity index (χ1n) is 30.5. The molecule has 400 valence electrons. The van der Waals surface area contributed by atoms with Crippen LogP contribution in [-0.4, -0.2) is 204 Å². The molecule has 7 fully saturated rings. The number of aliphatic carboxylic acids is 1. The van der Waals surface area contributed by atoms with Gasteiger partial charge in [0.2, 0.25) is 0 Å². The molecule has 16 atom stereocenters. The number of allylic oxidation sites excluding steroid dienone is 2. The van der Waals surface area contributed by atoms with Gasteiger partial charge in [0.05, 0.1) is 12.2 Å². The fraction of sp³-hybridized carbons (Fsp3) is 0.906. The molecule has 0 amide bonds. The summed E-state index contributed by atoms with van der Waals surface area (Å²) in [5.74, 6) is 7.15. The predicted octanol–water partition coefficient (Wildman–Crippen LogP) is 1.27. The minimum Gasteiger partial charge on any atom is -1.00 e. The van der Waals surface area contributed by atoms with Gasteiger partial charge in [-0.3, -0.25) is 4.79 Å². The van der Waals surface area contributed by atoms with Crippen LogP contribution in [0.2, 0.25) is 0 Å². The van der Waals surface area contributed by atoms with Crippen LogP contribution in [0.15, 0.2) is 23.3 Å². The smallest absolute Gasteiger partial charge is 1.00 e. The molecule has 0 aromatic carbocycles. The number of aliphatic hydroxyl groups excluding tert-OH is 3. The summed E-state index contributed by atoms with van der Waals surface area (Å²) in [4.78, 5) is 11.0. The van der Waals surface area contributed by atoms with Crippen molar-refractivity contribution in [3.05, 3.63) is 23.3 Å². The number of hydrogen-bond donors (Lipinski definition) is 4. The van der Waals surface area contributed by atoms with Gasteiger partial charge in [-0.25, -0.2) is 0 Å². The summed E-state index contributed by atoms with van der Waals surface area (Å²) in [6, 6.07) is 0. The van der Waals surface area contributed by atoms with Crippen molar-refractivity contribution in [2.24, 2.45) is 80.8 Å². The van der Waals surface area contributed by atoms with Crippen LogP contribution >= 0.6 is 0 Å². The second-order valence-corrected chi connectivity index (χ2v) is 27.5. The summed E-state index contributed by atoms with van der Waals surface area (Å²) in [7, 11) is 56.7. The minimum atomic E-state index is -0.853. The van der Waals surface area contributed by atoms with Gasteiger partial charge >= 0.3 is 24.8 Å². The fourth-order valence-corrected chi connectivity index (χ4v) is 19.2. The third-order valence-corrected chi connectivity index (χ3v) is 23.2. The standard InChI is InChI=1S/C24H38O3.C24H40O2.C4H8O.CH4.Al.B18.Li.4H/c1-15(4-9-22(26)27)19-7-8-20-18-6-5-16-14-17(25)10-12-23(16,2)21(18)11-13-24(19,20)3;1-16(5-4-14-25)20-8-9-21-19-7-6-17-15-18(26)10-12-23(17,2)22(19)11-13-24(20,21)3;1-2-4-5-3-1;;;1-11(2)16(12(3)4)18(15(9)10)17(13(5)6)14(7)8;;;;;/h5,15,17-21,25H,4,6-14H2,1-3H3,(H,26,27);6,16,18-22,25-26H,4-5,7-15H2,1-3H3;1-4H2;1H4;;;;;;;/q;;;;;;+1;;;;-1/t15-,17+,18?,19-,20?,21?,23+,24-;16-,18+,19?,20-,21?,22?,23+,24-;;;;;;;;;/m11........./s1. The van der Waals surface area contributed by atoms with Crippen LogP contribution in [0.5, 0.6) is 0 Å². The Hall–Kier alpha value is 1.09. The van der Waals surface area contributed by atoms with Crippen molar-refractivity contribution in [3.8, 4) is 0 Å². The van der Waals surface area contributed by atoms with Gasteiger partial charge in [0, 0.05) is 155 Å². The normalized spacial score (nSPS) is 35.9. The first-order chi connectivity index (χ1) is 35.8. The van der Waals surface area contributed by atoms with Crippen molar-refractivity contribution < 1.29 is 50.2 Å². The minimum absolute atomic E-state index is 0. The second kappa shape index (κ2) is 32.4. The second-order valence-electron chi connectivity index (χ2n) is 27.5. The Kier molecular flexibility index (Phi) is 30.4. The van der Waals surface area contributed by atoms with E-state index < -0.39 is 57.1 Å². The summed E-state index contributed by atoms with van der Waals surface area (Å²) in [5, 5.41) is 38.6. The maximum atomic E-state index is 11.0. The molecular formula is C53H94AlB18LiO6. The van der Waals surface area contributed by atoms with Gasteiger partial charge in [0.1, 0.15) is 0 Å². The topological polar surface area (TPSA) is 107 Å². The first-order valence-corrected chi connectivity index (χ1v) is 30.5. The molecule has 0 aromatic rings. The zero-order chi connectivity index (χ0) is 56.1. The van der Waals surface area contributed by atoms with Gasteiger partial charge in [-0.2, -0.15) is 0 Å². The number of ether oxygens (including phenoxy) is 1. The fourth-order valence-electron chi connectivity index (χ4n) is 19.2. The third-order valence-electron chi connectivity index (χ3n) is 23.2. The molecule has 1 saturated heterocycles. The zero-order valence-electron chi connectivity index (χ0n) is 50.3. The van der Waals surface area contributed by atoms with Crippen LogP contribution in [0.1, 0.15) is 192 Å². The molecule has 0 bridgehead atoms. The molecule has 9 rings (SSSR count). The number of carboxylic acid groups (broad SMARTS) is 1. The molecule has 79 heavy (non-hydrogen) atoms. The van der Waals surface area contributed by atoms with E-state index in [1.54, 1.807) is 11.1 Å². The number of hydrogen-bond acceptors (Lipinski definition) is 5. The average molecular weight is 1060 g/mol. The Morgan fingerprint density at radius 3 is 1.32 bits per heavy atom. The van der Waals surface area contributed by atoms with E-state index in [4.69, 9.17) is 87.2 Å². The van der Waals surface area contributed by atoms with E-state index in [-0.39, 0.29) is 57.3 Å². The van der Waals surface area contributed by atoms with Crippen molar-refractivity contribution in [1.82, 2.24) is 0 Å². The van der Waals surface area contributed by atoms with Gasteiger partial charge in [-0.05, 0) is 216 Å². The predicted molar refractivity (Wildman–Crippen MR) is 355 cm³/mol. The van der Waals surface area contributed by atoms with Crippen molar-refractivity contribution in [2.45, 2.75) is 202 Å². The number of fused-ring (bicyclic) bond motifs is 10. The Morgan fingerprint density at radius 2 is 0.987 bits per heavy atom. The number of carboxylic acids is 1. The molecule has 9 aliphatic rings. The molecule has 1 heterocycles. The van der Waals surface area contributed by atoms with E-state index >= 15 is 0 Å². The largest absolute Gasteiger partial charge is 1.00 e. The van der Waals surface area contributed by atoms with E-state index in [1.807, 2.05) is 0 Å². The quantitative estimate of drug-likeness (QED) is 0.146. The van der Waals surface area contributed by atoms with Crippen LogP contribution in [0, 0.1) is 80.8 Å². The van der Waals surface area contributed by atoms with E-state index in [1.165, 1.54) is 89.9 Å². The maximum Gasteiger partial charge on any atom is 1.00 e. The molecule has 1 aliphatic heterocycles. The molecule has 20 radical (unpaired) electrons. The summed E-state index contributed by atoms with van der Waals surface area (Å²) in [6.45, 7) is 17.3. The van der Waals surface area contributed by atoms with E-state index in [2.05, 4.69) is 53.7 Å². The van der Waals surface area contributed by atoms with Crippen LogP contribution < -0.4 is 18.9 Å². The van der Waals surface area contributed by atoms with E-state index in [9.17, 15) is 20.1 Å². The number of carbonyl (C=O) groups is 1. The molecule has 6 nitrogen and oxygen atoms in total. The summed E-state index contributed by atoms with van der Waals surface area (Å²) in [6.07, 6.45) is 24.2. The van der Waals surface area contributed by atoms with Gasteiger partial charge < -0.3 is 26.6 Å². The zero-order valence-corrected chi connectivity index (χ0v) is 49.3. The van der Waals surface area contributed by atoms with Gasteiger partial charge in [-0.1, -0.05) is 72.3 Å². The molecule has 6 unspecified atom stereocenters. The Balaban J connectivity index is 0.000000390. The number of rotatable bonds is 15. The van der Waals surface area contributed by atoms with Crippen molar-refractivity contribution in [2.75, 3.05) is 19.8 Å². The van der Waals surface area contributed by atoms with Crippen LogP contribution in [0.4, 0.5) is 0 Å². The van der Waals surface area contributed by atoms with Crippen LogP contribution in [0.3, 0.4) is 0 Å². The molecule has 4 N–H and O–H groups in total. The molecule has 8 aliphatic carbocycles. The molecular weight excluding hydrogens is 961 g/mol. The van der Waals surface area contributed by atoms with Crippen molar-refractivity contribution >= 4 is 152 Å². The molecule has 26 heteroatoms. The first kappa shape index (κ1) is 74.3. The summed E-state index contributed by atoms with van der Waals surface area (Å²) >= 11 is 0. The SMILES string of the molecule is C.C1CCOC1.C[C@H](CCC(=O)O)[C@H]1CCC2C3CC=C4C[C@@H](O)CC[C@]4(C)C3CC[C@@]21C.C[C@H](CCCO)[C@H]1CCC2C3CC=C4C[C@@H](O)CC[C@]4(C)C3CC[C@@]21C.[AlH3].[B]B([B])B(B([B])[B])B(B([B])[B])B(B([B])[B])B([B])[B].[H-].[Li+]. The van der Waals surface area contributed by atoms with Crippen LogP contribution in [-0.2, 0) is 9.53 Å². The van der Waals surface area contributed by atoms with E-state index in [0.29, 0.717) is 46.5 Å². The Morgan fingerprint density at radius 1 is 0.608 bits per heavy atom.